The summed E-state index contributed by atoms with van der Waals surface area (Å²) in [6, 6.07) is 9.47. The lowest BCUT2D eigenvalue weighted by atomic mass is 9.81. The number of hydrogen-bond acceptors (Lipinski definition) is 5. The molecule has 6 heteroatoms. The molecule has 3 aliphatic rings. The van der Waals surface area contributed by atoms with Crippen molar-refractivity contribution in [1.82, 2.24) is 4.98 Å². The highest BCUT2D eigenvalue weighted by Crippen LogP contribution is 2.39. The number of pyridine rings is 1. The van der Waals surface area contributed by atoms with E-state index >= 15 is 0 Å². The number of para-hydroxylation sites is 1. The second kappa shape index (κ2) is 5.08. The van der Waals surface area contributed by atoms with Crippen LogP contribution in [-0.4, -0.2) is 50.9 Å². The average molecular weight is 349 g/mol. The van der Waals surface area contributed by atoms with E-state index in [-0.39, 0.29) is 18.8 Å². The van der Waals surface area contributed by atoms with Crippen molar-refractivity contribution in [3.05, 3.63) is 47.0 Å². The van der Waals surface area contributed by atoms with Crippen LogP contribution in [0.1, 0.15) is 18.9 Å². The Morgan fingerprint density at radius 3 is 2.96 bits per heavy atom. The number of Topliss-reactive ketones (excluding diaryl/α,β-unsaturated/α-hetero) is 1. The highest BCUT2D eigenvalue weighted by molar-refractivity contribution is 6.11. The number of aliphatic hydroxyl groups is 1. The molecule has 0 amide bonds. The standard InChI is InChI=1S/C20H17N2O4/c1-2-20(25)14-9-22-16(17(23)13(14)10-26-19(20)24)8-12-7-11-5-3-4-6-15(11)21-18(12)22/h3-7,9,16,25H,2,8,10H2,1H3/q+1/t16?,20-/m1/s1. The predicted octanol–water partition coefficient (Wildman–Crippen LogP) is 1.45. The molecule has 1 aromatic heterocycles. The maximum absolute atomic E-state index is 13.1. The number of cyclic esters (lactones) is 1. The zero-order valence-electron chi connectivity index (χ0n) is 14.2. The molecule has 0 aliphatic carbocycles. The summed E-state index contributed by atoms with van der Waals surface area (Å²) in [5, 5.41) is 11.9. The molecular weight excluding hydrogens is 332 g/mol. The summed E-state index contributed by atoms with van der Waals surface area (Å²) in [6.07, 6.45) is 2.42. The van der Waals surface area contributed by atoms with Crippen molar-refractivity contribution in [2.24, 2.45) is 0 Å². The summed E-state index contributed by atoms with van der Waals surface area (Å²) in [5.41, 5.74) is 0.799. The Balaban J connectivity index is 1.73. The highest BCUT2D eigenvalue weighted by Gasteiger charge is 2.52. The topological polar surface area (TPSA) is 79.5 Å². The maximum atomic E-state index is 13.1. The SMILES string of the molecule is CC[C@]1(O)C(=O)OCC2=C1C=[N+]1c3nc4ccccc4cc3CC1C2=O. The van der Waals surface area contributed by atoms with Gasteiger partial charge < -0.3 is 9.84 Å². The predicted molar refractivity (Wildman–Crippen MR) is 93.5 cm³/mol. The Bertz CT molecular complexity index is 1070. The molecule has 0 radical (unpaired) electrons. The van der Waals surface area contributed by atoms with E-state index in [1.165, 1.54) is 0 Å². The first-order valence-corrected chi connectivity index (χ1v) is 8.72. The molecule has 6 nitrogen and oxygen atoms in total. The van der Waals surface area contributed by atoms with Crippen LogP contribution in [0.25, 0.3) is 10.9 Å². The summed E-state index contributed by atoms with van der Waals surface area (Å²) in [6.45, 7) is 1.62. The Morgan fingerprint density at radius 2 is 2.15 bits per heavy atom. The quantitative estimate of drug-likeness (QED) is 0.623. The number of aromatic nitrogens is 1. The number of ketones is 1. The summed E-state index contributed by atoms with van der Waals surface area (Å²) >= 11 is 0. The van der Waals surface area contributed by atoms with Gasteiger partial charge in [-0.1, -0.05) is 25.1 Å². The largest absolute Gasteiger partial charge is 0.458 e. The fourth-order valence-electron chi connectivity index (χ4n) is 4.11. The van der Waals surface area contributed by atoms with Crippen LogP contribution in [0.5, 0.6) is 0 Å². The van der Waals surface area contributed by atoms with E-state index < -0.39 is 17.6 Å². The molecule has 0 saturated carbocycles. The lowest BCUT2D eigenvalue weighted by molar-refractivity contribution is -0.458. The zero-order valence-corrected chi connectivity index (χ0v) is 14.2. The van der Waals surface area contributed by atoms with Crippen LogP contribution >= 0.6 is 0 Å². The molecule has 3 aliphatic heterocycles. The summed E-state index contributed by atoms with van der Waals surface area (Å²) in [4.78, 5) is 29.9. The van der Waals surface area contributed by atoms with Gasteiger partial charge in [-0.25, -0.2) is 9.37 Å². The van der Waals surface area contributed by atoms with Crippen molar-refractivity contribution in [1.29, 1.82) is 0 Å². The molecule has 1 N–H and O–H groups in total. The van der Waals surface area contributed by atoms with Crippen LogP contribution in [0.4, 0.5) is 5.82 Å². The number of ether oxygens (including phenoxy) is 1. The fraction of sp³-hybridized carbons (Fsp3) is 0.300. The van der Waals surface area contributed by atoms with E-state index in [1.54, 1.807) is 13.1 Å². The molecule has 130 valence electrons. The van der Waals surface area contributed by atoms with Gasteiger partial charge in [-0.15, -0.1) is 0 Å². The number of benzene rings is 1. The molecule has 5 rings (SSSR count). The van der Waals surface area contributed by atoms with Crippen LogP contribution in [0, 0.1) is 0 Å². The van der Waals surface area contributed by atoms with Crippen LogP contribution in [0.2, 0.25) is 0 Å². The van der Waals surface area contributed by atoms with Gasteiger partial charge in [-0.2, -0.15) is 0 Å². The Morgan fingerprint density at radius 1 is 1.35 bits per heavy atom. The number of rotatable bonds is 1. The first-order valence-electron chi connectivity index (χ1n) is 8.72. The Labute approximate surface area is 149 Å². The third-order valence-electron chi connectivity index (χ3n) is 5.61. The normalized spacial score (nSPS) is 27.0. The van der Waals surface area contributed by atoms with E-state index in [4.69, 9.17) is 9.72 Å². The number of carbonyl (C=O) groups is 2. The van der Waals surface area contributed by atoms with Crippen LogP contribution < -0.4 is 0 Å². The van der Waals surface area contributed by atoms with E-state index in [0.717, 1.165) is 16.5 Å². The van der Waals surface area contributed by atoms with Crippen LogP contribution in [0.3, 0.4) is 0 Å². The average Bonchev–Trinajstić information content (AvgIpc) is 3.01. The molecule has 2 aromatic rings. The van der Waals surface area contributed by atoms with Gasteiger partial charge in [0, 0.05) is 23.0 Å². The van der Waals surface area contributed by atoms with Crippen molar-refractivity contribution >= 4 is 34.7 Å². The van der Waals surface area contributed by atoms with Gasteiger partial charge in [0.1, 0.15) is 6.61 Å². The summed E-state index contributed by atoms with van der Waals surface area (Å²) < 4.78 is 6.90. The van der Waals surface area contributed by atoms with Gasteiger partial charge in [0.05, 0.1) is 11.8 Å². The molecular formula is C20H17N2O4+. The molecule has 0 fully saturated rings. The van der Waals surface area contributed by atoms with E-state index in [2.05, 4.69) is 6.07 Å². The van der Waals surface area contributed by atoms with Crippen molar-refractivity contribution in [2.75, 3.05) is 6.61 Å². The Kier molecular flexibility index (Phi) is 3.01. The molecule has 0 saturated heterocycles. The molecule has 4 heterocycles. The molecule has 2 atom stereocenters. The minimum atomic E-state index is -1.78. The van der Waals surface area contributed by atoms with Crippen molar-refractivity contribution in [3.63, 3.8) is 0 Å². The number of nitrogens with zero attached hydrogens (tertiary/aromatic N) is 2. The van der Waals surface area contributed by atoms with Crippen LogP contribution in [0.15, 0.2) is 41.5 Å². The second-order valence-corrected chi connectivity index (χ2v) is 6.97. The zero-order chi connectivity index (χ0) is 18.1. The van der Waals surface area contributed by atoms with Gasteiger partial charge >= 0.3 is 11.8 Å². The first-order chi connectivity index (χ1) is 12.5. The minimum Gasteiger partial charge on any atom is -0.458 e. The van der Waals surface area contributed by atoms with Crippen molar-refractivity contribution in [2.45, 2.75) is 31.4 Å². The number of esters is 1. The number of fused-ring (bicyclic) bond motifs is 4. The van der Waals surface area contributed by atoms with Crippen LogP contribution in [-0.2, 0) is 20.7 Å². The van der Waals surface area contributed by atoms with E-state index in [0.29, 0.717) is 23.4 Å². The molecule has 1 aromatic carbocycles. The molecule has 26 heavy (non-hydrogen) atoms. The van der Waals surface area contributed by atoms with E-state index in [1.807, 2.05) is 28.8 Å². The Hall–Kier alpha value is -2.86. The highest BCUT2D eigenvalue weighted by atomic mass is 16.6. The van der Waals surface area contributed by atoms with Crippen molar-refractivity contribution in [3.8, 4) is 0 Å². The van der Waals surface area contributed by atoms with Gasteiger partial charge in [0.25, 0.3) is 0 Å². The third-order valence-corrected chi connectivity index (χ3v) is 5.61. The smallest absolute Gasteiger partial charge is 0.343 e. The maximum Gasteiger partial charge on any atom is 0.343 e. The molecule has 0 spiro atoms. The van der Waals surface area contributed by atoms with E-state index in [9.17, 15) is 14.7 Å². The first kappa shape index (κ1) is 15.4. The lowest BCUT2D eigenvalue weighted by Gasteiger charge is -2.34. The summed E-state index contributed by atoms with van der Waals surface area (Å²) in [7, 11) is 0. The molecule has 1 unspecified atom stereocenters. The minimum absolute atomic E-state index is 0.0814. The third kappa shape index (κ3) is 1.85. The van der Waals surface area contributed by atoms with Crippen molar-refractivity contribution < 1.29 is 24.0 Å². The van der Waals surface area contributed by atoms with Gasteiger partial charge in [-0.3, -0.25) is 4.79 Å². The van der Waals surface area contributed by atoms with Gasteiger partial charge in [-0.05, 0) is 23.5 Å². The van der Waals surface area contributed by atoms with Gasteiger partial charge in [0.2, 0.25) is 5.78 Å². The number of carbonyl (C=O) groups excluding carboxylic acids is 2. The van der Waals surface area contributed by atoms with Gasteiger partial charge in [0.15, 0.2) is 17.2 Å². The fourth-order valence-corrected chi connectivity index (χ4v) is 4.11. The molecule has 0 bridgehead atoms. The lowest BCUT2D eigenvalue weighted by Crippen LogP contribution is -2.51. The second-order valence-electron chi connectivity index (χ2n) is 6.97. The summed E-state index contributed by atoms with van der Waals surface area (Å²) in [5.74, 6) is -0.0953. The number of hydrogen-bond donors (Lipinski definition) is 1. The monoisotopic (exact) mass is 349 g/mol.